The maximum absolute atomic E-state index is 8.25. The summed E-state index contributed by atoms with van der Waals surface area (Å²) in [5.41, 5.74) is 1.20. The Labute approximate surface area is 78.2 Å². The second-order valence-electron chi connectivity index (χ2n) is 1.55. The first-order valence-corrected chi connectivity index (χ1v) is 2.74. The molecular weight excluding hydrogens is 136 g/mol. The molecule has 10 heavy (non-hydrogen) atoms. The van der Waals surface area contributed by atoms with Crippen molar-refractivity contribution in [2.75, 3.05) is 7.11 Å². The summed E-state index contributed by atoms with van der Waals surface area (Å²) in [6, 6.07) is 10.9. The summed E-state index contributed by atoms with van der Waals surface area (Å²) in [6.07, 6.45) is 0. The minimum Gasteiger partial charge on any atom is -0.857 e. The first-order chi connectivity index (χ1) is 4.39. The molecule has 0 radical (unpaired) electrons. The van der Waals surface area contributed by atoms with Gasteiger partial charge in [-0.1, -0.05) is 6.92 Å². The Bertz CT molecular complexity index is 139. The summed E-state index contributed by atoms with van der Waals surface area (Å²) in [5.74, 6) is 0. The van der Waals surface area contributed by atoms with Crippen LogP contribution in [0.25, 0.3) is 0 Å². The third-order valence-corrected chi connectivity index (χ3v) is 0.865. The quantitative estimate of drug-likeness (QED) is 0.384. The van der Waals surface area contributed by atoms with Gasteiger partial charge in [0.2, 0.25) is 0 Å². The molecule has 1 rings (SSSR count). The van der Waals surface area contributed by atoms with Gasteiger partial charge in [0.15, 0.2) is 0 Å². The molecule has 50 valence electrons. The average Bonchev–Trinajstić information content (AvgIpc) is 1.94. The van der Waals surface area contributed by atoms with Crippen LogP contribution in [0, 0.1) is 13.0 Å². The van der Waals surface area contributed by atoms with E-state index in [1.807, 2.05) is 31.2 Å². The van der Waals surface area contributed by atoms with E-state index in [-0.39, 0.29) is 23.1 Å². The van der Waals surface area contributed by atoms with E-state index in [1.165, 1.54) is 5.56 Å². The van der Waals surface area contributed by atoms with E-state index < -0.39 is 0 Å². The second kappa shape index (κ2) is 8.95. The molecule has 0 saturated carbocycles. The minimum absolute atomic E-state index is 0. The number of benzene rings is 1. The summed E-state index contributed by atoms with van der Waals surface area (Å²) in [7, 11) is 0.750. The van der Waals surface area contributed by atoms with E-state index in [0.29, 0.717) is 0 Å². The molecule has 1 nitrogen and oxygen atoms in total. The zero-order valence-electron chi connectivity index (χ0n) is 6.42. The van der Waals surface area contributed by atoms with E-state index in [2.05, 4.69) is 6.07 Å². The maximum atomic E-state index is 8.25. The van der Waals surface area contributed by atoms with Crippen LogP contribution in [0.2, 0.25) is 0 Å². The third-order valence-electron chi connectivity index (χ3n) is 0.865. The number of rotatable bonds is 0. The minimum atomic E-state index is 0. The Balaban J connectivity index is 0. The molecule has 0 spiro atoms. The van der Waals surface area contributed by atoms with Crippen LogP contribution >= 0.6 is 0 Å². The van der Waals surface area contributed by atoms with E-state index in [0.717, 1.165) is 7.11 Å². The van der Waals surface area contributed by atoms with Crippen LogP contribution in [0.3, 0.4) is 0 Å². The van der Waals surface area contributed by atoms with Crippen LogP contribution < -0.4 is 5.11 Å². The zero-order chi connectivity index (χ0) is 7.11. The molecule has 0 aliphatic rings. The predicted octanol–water partition coefficient (Wildman–Crippen LogP) is 0.391. The Kier molecular flexibility index (Phi) is 11.3. The van der Waals surface area contributed by atoms with Gasteiger partial charge in [0.1, 0.15) is 0 Å². The molecule has 0 bridgehead atoms. The molecule has 0 unspecified atom stereocenters. The fraction of sp³-hybridized carbons (Fsp3) is 0.250. The van der Waals surface area contributed by atoms with Crippen LogP contribution in [-0.4, -0.2) is 30.2 Å². The first-order valence-electron chi connectivity index (χ1n) is 2.74. The van der Waals surface area contributed by atoms with E-state index in [9.17, 15) is 0 Å². The summed E-state index contributed by atoms with van der Waals surface area (Å²) in [6.45, 7) is 2.03. The van der Waals surface area contributed by atoms with Crippen molar-refractivity contribution >= 4 is 23.1 Å². The predicted molar refractivity (Wildman–Crippen MR) is 41.7 cm³/mol. The van der Waals surface area contributed by atoms with E-state index in [1.54, 1.807) is 0 Å². The van der Waals surface area contributed by atoms with Gasteiger partial charge in [-0.2, -0.15) is 43.0 Å². The topological polar surface area (TPSA) is 23.1 Å². The smallest absolute Gasteiger partial charge is 0.857 e. The van der Waals surface area contributed by atoms with Gasteiger partial charge in [0.05, 0.1) is 0 Å². The van der Waals surface area contributed by atoms with Gasteiger partial charge in [-0.25, -0.2) is 0 Å². The first kappa shape index (κ1) is 12.6. The van der Waals surface area contributed by atoms with Crippen molar-refractivity contribution < 1.29 is 5.11 Å². The van der Waals surface area contributed by atoms with Crippen molar-refractivity contribution in [1.82, 2.24) is 0 Å². The molecule has 0 N–H and O–H groups in total. The summed E-state index contributed by atoms with van der Waals surface area (Å²) >= 11 is 0. The Morgan fingerprint density at radius 3 is 2.10 bits per heavy atom. The van der Waals surface area contributed by atoms with Crippen molar-refractivity contribution in [2.45, 2.75) is 6.92 Å². The molecule has 0 atom stereocenters. The van der Waals surface area contributed by atoms with E-state index >= 15 is 0 Å². The molecule has 0 saturated heterocycles. The van der Waals surface area contributed by atoms with Crippen molar-refractivity contribution in [2.24, 2.45) is 0 Å². The summed E-state index contributed by atoms with van der Waals surface area (Å²) in [5, 5.41) is 8.25. The fourth-order valence-corrected chi connectivity index (χ4v) is 0.483. The second-order valence-corrected chi connectivity index (χ2v) is 1.55. The Morgan fingerprint density at radius 1 is 1.30 bits per heavy atom. The number of hydrogen-bond acceptors (Lipinski definition) is 1. The normalized spacial score (nSPS) is 6.70. The molecule has 0 heterocycles. The van der Waals surface area contributed by atoms with Gasteiger partial charge >= 0.3 is 23.1 Å². The molecule has 0 aliphatic heterocycles. The van der Waals surface area contributed by atoms with Crippen LogP contribution in [0.5, 0.6) is 0 Å². The Morgan fingerprint density at radius 2 is 1.90 bits per heavy atom. The Hall–Kier alpha value is -0.0538. The van der Waals surface area contributed by atoms with Crippen molar-refractivity contribution in [1.29, 1.82) is 0 Å². The van der Waals surface area contributed by atoms with Gasteiger partial charge < -0.3 is 5.11 Å². The van der Waals surface area contributed by atoms with Crippen molar-refractivity contribution in [3.63, 3.8) is 0 Å². The van der Waals surface area contributed by atoms with Crippen LogP contribution in [-0.2, 0) is 0 Å². The molecule has 1 aromatic carbocycles. The summed E-state index contributed by atoms with van der Waals surface area (Å²) < 4.78 is 0. The van der Waals surface area contributed by atoms with Gasteiger partial charge in [0, 0.05) is 0 Å². The molecular formula is C8H10MgO. The van der Waals surface area contributed by atoms with E-state index in [4.69, 9.17) is 5.11 Å². The summed E-state index contributed by atoms with van der Waals surface area (Å²) in [4.78, 5) is 0. The molecule has 0 fully saturated rings. The standard InChI is InChI=1S/C7H7.CH3O.Mg/c1-7-5-3-2-4-6-7;1-2;/h2-5H,1H3;1H3;/q2*-1;+2. The molecule has 1 aromatic rings. The third kappa shape index (κ3) is 6.07. The molecule has 0 aliphatic carbocycles. The largest absolute Gasteiger partial charge is 2.00 e. The van der Waals surface area contributed by atoms with Gasteiger partial charge in [-0.05, 0) is 0 Å². The molecule has 0 aromatic heterocycles. The molecule has 0 amide bonds. The zero-order valence-corrected chi connectivity index (χ0v) is 7.84. The molecule has 2 heteroatoms. The van der Waals surface area contributed by atoms with Crippen molar-refractivity contribution in [3.8, 4) is 0 Å². The van der Waals surface area contributed by atoms with Crippen LogP contribution in [0.1, 0.15) is 5.56 Å². The van der Waals surface area contributed by atoms with Crippen LogP contribution in [0.4, 0.5) is 0 Å². The number of hydrogen-bond donors (Lipinski definition) is 0. The fourth-order valence-electron chi connectivity index (χ4n) is 0.483. The van der Waals surface area contributed by atoms with Gasteiger partial charge in [-0.15, -0.1) is 0 Å². The van der Waals surface area contributed by atoms with Crippen LogP contribution in [0.15, 0.2) is 24.3 Å². The van der Waals surface area contributed by atoms with Gasteiger partial charge in [-0.3, -0.25) is 0 Å². The van der Waals surface area contributed by atoms with Gasteiger partial charge in [0.25, 0.3) is 0 Å². The average molecular weight is 146 g/mol. The maximum Gasteiger partial charge on any atom is 2.00 e. The number of aryl methyl sites for hydroxylation is 1. The monoisotopic (exact) mass is 146 g/mol. The van der Waals surface area contributed by atoms with Crippen molar-refractivity contribution in [3.05, 3.63) is 35.9 Å². The SMILES string of the molecule is C[O-].Cc1[c-]cccc1.[Mg+2].